The van der Waals surface area contributed by atoms with Gasteiger partial charge < -0.3 is 4.90 Å². The second-order valence-corrected chi connectivity index (χ2v) is 5.79. The van der Waals surface area contributed by atoms with Gasteiger partial charge in [0.25, 0.3) is 0 Å². The number of hydrogen-bond donors (Lipinski definition) is 0. The van der Waals surface area contributed by atoms with E-state index in [1.165, 1.54) is 19.4 Å². The van der Waals surface area contributed by atoms with Gasteiger partial charge in [-0.3, -0.25) is 4.90 Å². The highest BCUT2D eigenvalue weighted by molar-refractivity contribution is 9.10. The number of anilines is 1. The highest BCUT2D eigenvalue weighted by Crippen LogP contribution is 2.29. The van der Waals surface area contributed by atoms with Crippen LogP contribution in [0.15, 0.2) is 22.7 Å². The quantitative estimate of drug-likeness (QED) is 0.787. The molecule has 2 heterocycles. The SMILES string of the molecule is Fc1ccc(Br)cc1N1CCN2CCCC2C1. The second-order valence-electron chi connectivity index (χ2n) is 4.87. The zero-order valence-corrected chi connectivity index (χ0v) is 11.3. The van der Waals surface area contributed by atoms with E-state index in [4.69, 9.17) is 0 Å². The zero-order valence-electron chi connectivity index (χ0n) is 9.70. The molecule has 2 saturated heterocycles. The molecule has 0 aromatic heterocycles. The van der Waals surface area contributed by atoms with E-state index in [1.54, 1.807) is 12.1 Å². The predicted octanol–water partition coefficient (Wildman–Crippen LogP) is 2.87. The summed E-state index contributed by atoms with van der Waals surface area (Å²) in [4.78, 5) is 4.72. The number of benzene rings is 1. The van der Waals surface area contributed by atoms with Crippen LogP contribution < -0.4 is 4.90 Å². The molecule has 2 fully saturated rings. The van der Waals surface area contributed by atoms with E-state index in [-0.39, 0.29) is 5.82 Å². The van der Waals surface area contributed by atoms with Crippen molar-refractivity contribution in [2.24, 2.45) is 0 Å². The van der Waals surface area contributed by atoms with Crippen LogP contribution in [0, 0.1) is 5.82 Å². The van der Waals surface area contributed by atoms with Crippen LogP contribution in [0.3, 0.4) is 0 Å². The number of nitrogens with zero attached hydrogens (tertiary/aromatic N) is 2. The molecule has 0 bridgehead atoms. The Labute approximate surface area is 110 Å². The van der Waals surface area contributed by atoms with Crippen LogP contribution in [-0.4, -0.2) is 37.1 Å². The van der Waals surface area contributed by atoms with Crippen molar-refractivity contribution < 1.29 is 4.39 Å². The van der Waals surface area contributed by atoms with Crippen molar-refractivity contribution in [3.63, 3.8) is 0 Å². The molecule has 0 amide bonds. The Kier molecular flexibility index (Phi) is 3.09. The molecule has 2 aliphatic rings. The van der Waals surface area contributed by atoms with Crippen LogP contribution in [0.2, 0.25) is 0 Å². The van der Waals surface area contributed by atoms with Crippen molar-refractivity contribution in [2.45, 2.75) is 18.9 Å². The number of halogens is 2. The molecule has 1 aromatic carbocycles. The lowest BCUT2D eigenvalue weighted by atomic mass is 10.1. The zero-order chi connectivity index (χ0) is 11.8. The smallest absolute Gasteiger partial charge is 0.146 e. The monoisotopic (exact) mass is 298 g/mol. The number of piperazine rings is 1. The molecule has 2 aliphatic heterocycles. The van der Waals surface area contributed by atoms with Gasteiger partial charge in [-0.25, -0.2) is 4.39 Å². The van der Waals surface area contributed by atoms with Gasteiger partial charge >= 0.3 is 0 Å². The molecular formula is C13H16BrFN2. The Balaban J connectivity index is 1.82. The van der Waals surface area contributed by atoms with Crippen molar-refractivity contribution in [2.75, 3.05) is 31.1 Å². The topological polar surface area (TPSA) is 6.48 Å². The van der Waals surface area contributed by atoms with E-state index in [0.29, 0.717) is 6.04 Å². The molecule has 3 rings (SSSR count). The molecule has 92 valence electrons. The number of fused-ring (bicyclic) bond motifs is 1. The third kappa shape index (κ3) is 2.20. The van der Waals surface area contributed by atoms with Crippen molar-refractivity contribution in [3.8, 4) is 0 Å². The average molecular weight is 299 g/mol. The van der Waals surface area contributed by atoms with Gasteiger partial charge in [0.2, 0.25) is 0 Å². The summed E-state index contributed by atoms with van der Waals surface area (Å²) in [5.41, 5.74) is 0.742. The lowest BCUT2D eigenvalue weighted by molar-refractivity contribution is 0.230. The Hall–Kier alpha value is -0.610. The maximum atomic E-state index is 13.8. The van der Waals surface area contributed by atoms with E-state index in [1.807, 2.05) is 6.07 Å². The van der Waals surface area contributed by atoms with E-state index >= 15 is 0 Å². The van der Waals surface area contributed by atoms with Crippen LogP contribution in [0.25, 0.3) is 0 Å². The first-order chi connectivity index (χ1) is 8.24. The minimum atomic E-state index is -0.111. The summed E-state index contributed by atoms with van der Waals surface area (Å²) in [5.74, 6) is -0.111. The van der Waals surface area contributed by atoms with Crippen LogP contribution in [-0.2, 0) is 0 Å². The lowest BCUT2D eigenvalue weighted by Gasteiger charge is -2.38. The first kappa shape index (κ1) is 11.5. The van der Waals surface area contributed by atoms with Crippen molar-refractivity contribution in [1.29, 1.82) is 0 Å². The Morgan fingerprint density at radius 1 is 1.24 bits per heavy atom. The molecule has 4 heteroatoms. The van der Waals surface area contributed by atoms with E-state index in [0.717, 1.165) is 29.8 Å². The first-order valence-electron chi connectivity index (χ1n) is 6.18. The van der Waals surface area contributed by atoms with Gasteiger partial charge in [-0.15, -0.1) is 0 Å². The third-order valence-electron chi connectivity index (χ3n) is 3.84. The maximum absolute atomic E-state index is 13.8. The minimum Gasteiger partial charge on any atom is -0.366 e. The molecule has 2 nitrogen and oxygen atoms in total. The molecule has 0 N–H and O–H groups in total. The van der Waals surface area contributed by atoms with Crippen molar-refractivity contribution in [3.05, 3.63) is 28.5 Å². The van der Waals surface area contributed by atoms with Gasteiger partial charge in [0.1, 0.15) is 5.82 Å². The average Bonchev–Trinajstić information content (AvgIpc) is 2.79. The van der Waals surface area contributed by atoms with E-state index in [9.17, 15) is 4.39 Å². The van der Waals surface area contributed by atoms with Crippen LogP contribution in [0.5, 0.6) is 0 Å². The van der Waals surface area contributed by atoms with Crippen molar-refractivity contribution in [1.82, 2.24) is 4.90 Å². The normalized spacial score (nSPS) is 25.1. The van der Waals surface area contributed by atoms with Gasteiger partial charge in [0.15, 0.2) is 0 Å². The minimum absolute atomic E-state index is 0.111. The third-order valence-corrected chi connectivity index (χ3v) is 4.33. The fourth-order valence-corrected chi connectivity index (χ4v) is 3.29. The lowest BCUT2D eigenvalue weighted by Crippen LogP contribution is -2.50. The molecule has 0 aliphatic carbocycles. The van der Waals surface area contributed by atoms with E-state index in [2.05, 4.69) is 25.7 Å². The van der Waals surface area contributed by atoms with Gasteiger partial charge in [0, 0.05) is 30.1 Å². The molecule has 1 unspecified atom stereocenters. The molecule has 17 heavy (non-hydrogen) atoms. The Morgan fingerprint density at radius 3 is 3.00 bits per heavy atom. The summed E-state index contributed by atoms with van der Waals surface area (Å²) in [5, 5.41) is 0. The number of hydrogen-bond acceptors (Lipinski definition) is 2. The summed E-state index contributed by atoms with van der Waals surface area (Å²) < 4.78 is 14.8. The molecule has 1 atom stereocenters. The summed E-state index contributed by atoms with van der Waals surface area (Å²) in [7, 11) is 0. The van der Waals surface area contributed by atoms with Crippen LogP contribution in [0.1, 0.15) is 12.8 Å². The number of rotatable bonds is 1. The second kappa shape index (κ2) is 4.58. The molecule has 0 spiro atoms. The van der Waals surface area contributed by atoms with Gasteiger partial charge in [0.05, 0.1) is 5.69 Å². The van der Waals surface area contributed by atoms with Gasteiger partial charge in [-0.1, -0.05) is 15.9 Å². The molecule has 1 aromatic rings. The first-order valence-corrected chi connectivity index (χ1v) is 6.97. The van der Waals surface area contributed by atoms with Gasteiger partial charge in [-0.05, 0) is 37.6 Å². The Morgan fingerprint density at radius 2 is 2.12 bits per heavy atom. The van der Waals surface area contributed by atoms with Crippen molar-refractivity contribution >= 4 is 21.6 Å². The van der Waals surface area contributed by atoms with Crippen LogP contribution in [0.4, 0.5) is 10.1 Å². The summed E-state index contributed by atoms with van der Waals surface area (Å²) in [6, 6.07) is 5.81. The Bertz CT molecular complexity index is 424. The largest absolute Gasteiger partial charge is 0.366 e. The maximum Gasteiger partial charge on any atom is 0.146 e. The highest BCUT2D eigenvalue weighted by Gasteiger charge is 2.31. The van der Waals surface area contributed by atoms with Crippen LogP contribution >= 0.6 is 15.9 Å². The van der Waals surface area contributed by atoms with Gasteiger partial charge in [-0.2, -0.15) is 0 Å². The highest BCUT2D eigenvalue weighted by atomic mass is 79.9. The standard InChI is InChI=1S/C13H16BrFN2/c14-10-3-4-12(15)13(8-10)17-7-6-16-5-1-2-11(16)9-17/h3-4,8,11H,1-2,5-7,9H2. The van der Waals surface area contributed by atoms with E-state index < -0.39 is 0 Å². The predicted molar refractivity (Wildman–Crippen MR) is 70.9 cm³/mol. The summed E-state index contributed by atoms with van der Waals surface area (Å²) in [6.07, 6.45) is 2.55. The summed E-state index contributed by atoms with van der Waals surface area (Å²) >= 11 is 3.42. The summed E-state index contributed by atoms with van der Waals surface area (Å²) in [6.45, 7) is 4.19. The fourth-order valence-electron chi connectivity index (χ4n) is 2.94. The molecule has 0 saturated carbocycles. The fraction of sp³-hybridized carbons (Fsp3) is 0.538. The molecular weight excluding hydrogens is 283 g/mol. The molecule has 0 radical (unpaired) electrons.